The number of hydrogen-bond acceptors (Lipinski definition) is 2. The zero-order chi connectivity index (χ0) is 14.8. The third-order valence-electron chi connectivity index (χ3n) is 3.90. The Balaban J connectivity index is 1.75. The summed E-state index contributed by atoms with van der Waals surface area (Å²) >= 11 is 5.90. The summed E-state index contributed by atoms with van der Waals surface area (Å²) in [5.41, 5.74) is 4.65. The van der Waals surface area contributed by atoms with Gasteiger partial charge in [0.2, 0.25) is 0 Å². The molecule has 2 aromatic carbocycles. The topological polar surface area (TPSA) is 18.5 Å². The molecule has 0 spiro atoms. The van der Waals surface area contributed by atoms with E-state index < -0.39 is 0 Å². The van der Waals surface area contributed by atoms with Gasteiger partial charge in [-0.2, -0.15) is 0 Å². The molecule has 0 bridgehead atoms. The predicted molar refractivity (Wildman–Crippen MR) is 85.6 cm³/mol. The number of alkyl halides is 1. The third-order valence-corrected chi connectivity index (χ3v) is 4.21. The van der Waals surface area contributed by atoms with E-state index in [4.69, 9.17) is 21.1 Å². The highest BCUT2D eigenvalue weighted by Gasteiger charge is 2.24. The SMILES string of the molecule is Cc1cc(CCl)cc(C)c1OCC1COc2ccccc21. The summed E-state index contributed by atoms with van der Waals surface area (Å²) in [5.74, 6) is 2.78. The summed E-state index contributed by atoms with van der Waals surface area (Å²) in [6, 6.07) is 12.4. The Kier molecular flexibility index (Phi) is 4.07. The zero-order valence-corrected chi connectivity index (χ0v) is 13.1. The maximum Gasteiger partial charge on any atom is 0.125 e. The minimum absolute atomic E-state index is 0.299. The minimum atomic E-state index is 0.299. The van der Waals surface area contributed by atoms with Crippen LogP contribution in [0.3, 0.4) is 0 Å². The van der Waals surface area contributed by atoms with Crippen molar-refractivity contribution in [2.75, 3.05) is 13.2 Å². The van der Waals surface area contributed by atoms with E-state index >= 15 is 0 Å². The molecule has 110 valence electrons. The second kappa shape index (κ2) is 5.98. The van der Waals surface area contributed by atoms with Crippen LogP contribution < -0.4 is 9.47 Å². The lowest BCUT2D eigenvalue weighted by Gasteiger charge is -2.16. The van der Waals surface area contributed by atoms with Crippen LogP contribution in [0.2, 0.25) is 0 Å². The van der Waals surface area contributed by atoms with Crippen molar-refractivity contribution < 1.29 is 9.47 Å². The van der Waals surface area contributed by atoms with Gasteiger partial charge in [0.1, 0.15) is 11.5 Å². The first kappa shape index (κ1) is 14.3. The van der Waals surface area contributed by atoms with Crippen LogP contribution in [0.5, 0.6) is 11.5 Å². The minimum Gasteiger partial charge on any atom is -0.493 e. The van der Waals surface area contributed by atoms with E-state index in [1.54, 1.807) is 0 Å². The molecule has 1 aliphatic rings. The first-order valence-electron chi connectivity index (χ1n) is 7.19. The van der Waals surface area contributed by atoms with E-state index in [1.165, 1.54) is 5.56 Å². The Bertz CT molecular complexity index is 628. The predicted octanol–water partition coefficient (Wildman–Crippen LogP) is 4.60. The highest BCUT2D eigenvalue weighted by Crippen LogP contribution is 2.34. The van der Waals surface area contributed by atoms with Crippen molar-refractivity contribution in [1.29, 1.82) is 0 Å². The lowest BCUT2D eigenvalue weighted by Crippen LogP contribution is -2.12. The fourth-order valence-corrected chi connectivity index (χ4v) is 3.05. The number of aryl methyl sites for hydroxylation is 2. The fraction of sp³-hybridized carbons (Fsp3) is 0.333. The molecule has 1 heterocycles. The maximum absolute atomic E-state index is 6.08. The van der Waals surface area contributed by atoms with Crippen molar-refractivity contribution in [1.82, 2.24) is 0 Å². The molecule has 1 atom stereocenters. The van der Waals surface area contributed by atoms with Crippen LogP contribution >= 0.6 is 11.6 Å². The van der Waals surface area contributed by atoms with Crippen molar-refractivity contribution in [3.8, 4) is 11.5 Å². The van der Waals surface area contributed by atoms with Gasteiger partial charge in [0.25, 0.3) is 0 Å². The normalized spacial score (nSPS) is 16.4. The second-order valence-electron chi connectivity index (χ2n) is 5.55. The first-order chi connectivity index (χ1) is 10.2. The molecule has 0 fully saturated rings. The van der Waals surface area contributed by atoms with E-state index in [-0.39, 0.29) is 0 Å². The van der Waals surface area contributed by atoms with Gasteiger partial charge in [-0.1, -0.05) is 30.3 Å². The lowest BCUT2D eigenvalue weighted by atomic mass is 10.0. The Morgan fingerprint density at radius 3 is 2.62 bits per heavy atom. The van der Waals surface area contributed by atoms with Crippen LogP contribution in [-0.4, -0.2) is 13.2 Å². The van der Waals surface area contributed by atoms with Crippen molar-refractivity contribution in [3.63, 3.8) is 0 Å². The molecule has 0 amide bonds. The Morgan fingerprint density at radius 1 is 1.19 bits per heavy atom. The van der Waals surface area contributed by atoms with E-state index in [0.29, 0.717) is 25.0 Å². The molecular formula is C18H19ClO2. The van der Waals surface area contributed by atoms with Gasteiger partial charge in [-0.25, -0.2) is 0 Å². The van der Waals surface area contributed by atoms with Gasteiger partial charge in [-0.3, -0.25) is 0 Å². The summed E-state index contributed by atoms with van der Waals surface area (Å²) in [7, 11) is 0. The summed E-state index contributed by atoms with van der Waals surface area (Å²) in [5, 5.41) is 0. The van der Waals surface area contributed by atoms with Crippen LogP contribution in [0.25, 0.3) is 0 Å². The molecule has 0 saturated heterocycles. The highest BCUT2D eigenvalue weighted by atomic mass is 35.5. The van der Waals surface area contributed by atoms with E-state index in [1.807, 2.05) is 18.2 Å². The van der Waals surface area contributed by atoms with Gasteiger partial charge in [-0.05, 0) is 36.6 Å². The molecule has 2 nitrogen and oxygen atoms in total. The monoisotopic (exact) mass is 302 g/mol. The molecule has 0 N–H and O–H groups in total. The van der Waals surface area contributed by atoms with Crippen molar-refractivity contribution >= 4 is 11.6 Å². The molecule has 1 unspecified atom stereocenters. The first-order valence-corrected chi connectivity index (χ1v) is 7.73. The largest absolute Gasteiger partial charge is 0.493 e. The van der Waals surface area contributed by atoms with Gasteiger partial charge in [0.05, 0.1) is 19.1 Å². The zero-order valence-electron chi connectivity index (χ0n) is 12.4. The number of ether oxygens (including phenoxy) is 2. The Labute approximate surface area is 130 Å². The lowest BCUT2D eigenvalue weighted by molar-refractivity contribution is 0.246. The molecule has 0 aromatic heterocycles. The molecular weight excluding hydrogens is 284 g/mol. The van der Waals surface area contributed by atoms with E-state index in [9.17, 15) is 0 Å². The quantitative estimate of drug-likeness (QED) is 0.769. The number of benzene rings is 2. The number of para-hydroxylation sites is 1. The van der Waals surface area contributed by atoms with Gasteiger partial charge < -0.3 is 9.47 Å². The van der Waals surface area contributed by atoms with Crippen LogP contribution in [-0.2, 0) is 5.88 Å². The number of fused-ring (bicyclic) bond motifs is 1. The van der Waals surface area contributed by atoms with Crippen LogP contribution in [0.4, 0.5) is 0 Å². The summed E-state index contributed by atoms with van der Waals surface area (Å²) in [6.45, 7) is 5.46. The van der Waals surface area contributed by atoms with Gasteiger partial charge in [-0.15, -0.1) is 11.6 Å². The fourth-order valence-electron chi connectivity index (χ4n) is 2.90. The van der Waals surface area contributed by atoms with Crippen molar-refractivity contribution in [2.45, 2.75) is 25.6 Å². The summed E-state index contributed by atoms with van der Waals surface area (Å²) in [4.78, 5) is 0. The van der Waals surface area contributed by atoms with E-state index in [0.717, 1.165) is 28.2 Å². The molecule has 21 heavy (non-hydrogen) atoms. The van der Waals surface area contributed by atoms with Crippen LogP contribution in [0.1, 0.15) is 28.2 Å². The molecule has 0 radical (unpaired) electrons. The Hall–Kier alpha value is -1.67. The van der Waals surface area contributed by atoms with Crippen LogP contribution in [0, 0.1) is 13.8 Å². The van der Waals surface area contributed by atoms with Gasteiger partial charge in [0.15, 0.2) is 0 Å². The molecule has 2 aromatic rings. The second-order valence-corrected chi connectivity index (χ2v) is 5.82. The highest BCUT2D eigenvalue weighted by molar-refractivity contribution is 6.17. The molecule has 3 rings (SSSR count). The van der Waals surface area contributed by atoms with Crippen LogP contribution in [0.15, 0.2) is 36.4 Å². The maximum atomic E-state index is 6.08. The number of hydrogen-bond donors (Lipinski definition) is 0. The molecule has 3 heteroatoms. The average molecular weight is 303 g/mol. The summed E-state index contributed by atoms with van der Waals surface area (Å²) in [6.07, 6.45) is 0. The van der Waals surface area contributed by atoms with Crippen molar-refractivity contribution in [2.24, 2.45) is 0 Å². The smallest absolute Gasteiger partial charge is 0.125 e. The number of halogens is 1. The standard InChI is InChI=1S/C18H19ClO2/c1-12-7-14(9-19)8-13(2)18(12)21-11-15-10-20-17-6-4-3-5-16(15)17/h3-8,15H,9-11H2,1-2H3. The third kappa shape index (κ3) is 2.86. The Morgan fingerprint density at radius 2 is 1.90 bits per heavy atom. The molecule has 0 aliphatic carbocycles. The molecule has 1 aliphatic heterocycles. The average Bonchev–Trinajstić information content (AvgIpc) is 2.89. The van der Waals surface area contributed by atoms with Gasteiger partial charge >= 0.3 is 0 Å². The van der Waals surface area contributed by atoms with Gasteiger partial charge in [0, 0.05) is 11.4 Å². The number of rotatable bonds is 4. The molecule has 0 saturated carbocycles. The summed E-state index contributed by atoms with van der Waals surface area (Å²) < 4.78 is 11.8. The van der Waals surface area contributed by atoms with E-state index in [2.05, 4.69) is 32.0 Å². The van der Waals surface area contributed by atoms with Crippen molar-refractivity contribution in [3.05, 3.63) is 58.7 Å².